The van der Waals surface area contributed by atoms with Gasteiger partial charge in [-0.3, -0.25) is 4.79 Å². The summed E-state index contributed by atoms with van der Waals surface area (Å²) in [4.78, 5) is 11.7. The zero-order valence-electron chi connectivity index (χ0n) is 10.8. The van der Waals surface area contributed by atoms with Crippen LogP contribution in [0.5, 0.6) is 0 Å². The first-order valence-electron chi connectivity index (χ1n) is 5.64. The summed E-state index contributed by atoms with van der Waals surface area (Å²) in [5.74, 6) is -0.388. The molecule has 0 aliphatic heterocycles. The molecule has 0 unspecified atom stereocenters. The monoisotopic (exact) mass is 300 g/mol. The highest BCUT2D eigenvalue weighted by Gasteiger charge is 2.06. The highest BCUT2D eigenvalue weighted by Crippen LogP contribution is 2.04. The smallest absolute Gasteiger partial charge is 0.251 e. The second kappa shape index (κ2) is 6.87. The Balaban J connectivity index is 2.52. The Morgan fingerprint density at radius 2 is 1.80 bits per heavy atom. The van der Waals surface area contributed by atoms with E-state index in [4.69, 9.17) is 10.9 Å². The zero-order chi connectivity index (χ0) is 15.2. The molecule has 8 nitrogen and oxygen atoms in total. The molecule has 20 heavy (non-hydrogen) atoms. The lowest BCUT2D eigenvalue weighted by Gasteiger charge is -2.06. The van der Waals surface area contributed by atoms with Crippen molar-refractivity contribution in [2.75, 3.05) is 19.3 Å². The second-order valence-electron chi connectivity index (χ2n) is 3.98. The fourth-order valence-electron chi connectivity index (χ4n) is 1.36. The number of amidine groups is 1. The van der Waals surface area contributed by atoms with Gasteiger partial charge in [0.2, 0.25) is 10.0 Å². The molecule has 0 aromatic heterocycles. The number of rotatable bonds is 6. The van der Waals surface area contributed by atoms with Crippen LogP contribution in [-0.2, 0) is 10.0 Å². The van der Waals surface area contributed by atoms with Crippen LogP contribution in [0.3, 0.4) is 0 Å². The lowest BCUT2D eigenvalue weighted by Crippen LogP contribution is -2.34. The number of hydrogen-bond acceptors (Lipinski definition) is 5. The van der Waals surface area contributed by atoms with E-state index in [2.05, 4.69) is 15.2 Å². The molecule has 0 bridgehead atoms. The quantitative estimate of drug-likeness (QED) is 0.177. The molecule has 0 saturated carbocycles. The predicted molar refractivity (Wildman–Crippen MR) is 74.1 cm³/mol. The van der Waals surface area contributed by atoms with E-state index in [0.29, 0.717) is 11.1 Å². The SMILES string of the molecule is CS(=O)(=O)NCCNC(=O)c1ccc(/C(N)=N/O)cc1. The molecular formula is C11H16N4O4S. The maximum atomic E-state index is 11.7. The number of nitrogens with two attached hydrogens (primary N) is 1. The number of hydrogen-bond donors (Lipinski definition) is 4. The summed E-state index contributed by atoms with van der Waals surface area (Å²) >= 11 is 0. The van der Waals surface area contributed by atoms with Gasteiger partial charge in [-0.25, -0.2) is 13.1 Å². The van der Waals surface area contributed by atoms with E-state index in [1.165, 1.54) is 12.1 Å². The number of sulfonamides is 1. The Labute approximate surface area is 116 Å². The molecule has 0 spiro atoms. The largest absolute Gasteiger partial charge is 0.409 e. The molecule has 1 aromatic rings. The Morgan fingerprint density at radius 1 is 1.25 bits per heavy atom. The van der Waals surface area contributed by atoms with Gasteiger partial charge in [-0.2, -0.15) is 0 Å². The molecule has 5 N–H and O–H groups in total. The number of nitrogens with zero attached hydrogens (tertiary/aromatic N) is 1. The summed E-state index contributed by atoms with van der Waals surface area (Å²) in [5.41, 5.74) is 6.27. The number of nitrogens with one attached hydrogen (secondary N) is 2. The molecule has 0 heterocycles. The van der Waals surface area contributed by atoms with Gasteiger partial charge in [-0.15, -0.1) is 0 Å². The fraction of sp³-hybridized carbons (Fsp3) is 0.273. The van der Waals surface area contributed by atoms with Crippen LogP contribution in [0, 0.1) is 0 Å². The molecular weight excluding hydrogens is 284 g/mol. The Bertz CT molecular complexity index is 595. The lowest BCUT2D eigenvalue weighted by molar-refractivity contribution is 0.0954. The van der Waals surface area contributed by atoms with E-state index < -0.39 is 10.0 Å². The van der Waals surface area contributed by atoms with E-state index >= 15 is 0 Å². The Morgan fingerprint density at radius 3 is 2.30 bits per heavy atom. The van der Waals surface area contributed by atoms with Crippen molar-refractivity contribution in [3.8, 4) is 0 Å². The van der Waals surface area contributed by atoms with Crippen molar-refractivity contribution in [3.63, 3.8) is 0 Å². The van der Waals surface area contributed by atoms with Crippen LogP contribution in [0.1, 0.15) is 15.9 Å². The van der Waals surface area contributed by atoms with Crippen molar-refractivity contribution in [1.82, 2.24) is 10.0 Å². The average Bonchev–Trinajstić information content (AvgIpc) is 2.41. The van der Waals surface area contributed by atoms with Gasteiger partial charge in [0.25, 0.3) is 5.91 Å². The predicted octanol–water partition coefficient (Wildman–Crippen LogP) is -0.940. The minimum absolute atomic E-state index is 0.0469. The number of benzene rings is 1. The van der Waals surface area contributed by atoms with E-state index in [0.717, 1.165) is 6.26 Å². The van der Waals surface area contributed by atoms with Crippen LogP contribution in [0.25, 0.3) is 0 Å². The minimum Gasteiger partial charge on any atom is -0.409 e. The van der Waals surface area contributed by atoms with Crippen molar-refractivity contribution >= 4 is 21.8 Å². The Hall–Kier alpha value is -2.13. The molecule has 0 atom stereocenters. The van der Waals surface area contributed by atoms with Gasteiger partial charge in [-0.1, -0.05) is 17.3 Å². The van der Waals surface area contributed by atoms with E-state index in [-0.39, 0.29) is 24.8 Å². The van der Waals surface area contributed by atoms with E-state index in [1.807, 2.05) is 0 Å². The number of oxime groups is 1. The normalized spacial score (nSPS) is 12.2. The fourth-order valence-corrected chi connectivity index (χ4v) is 1.84. The molecule has 1 rings (SSSR count). The highest BCUT2D eigenvalue weighted by atomic mass is 32.2. The van der Waals surface area contributed by atoms with Gasteiger partial charge >= 0.3 is 0 Å². The maximum absolute atomic E-state index is 11.7. The van der Waals surface area contributed by atoms with Crippen molar-refractivity contribution in [1.29, 1.82) is 0 Å². The van der Waals surface area contributed by atoms with Crippen LogP contribution < -0.4 is 15.8 Å². The van der Waals surface area contributed by atoms with Crippen molar-refractivity contribution in [2.45, 2.75) is 0 Å². The summed E-state index contributed by atoms with van der Waals surface area (Å²) in [6.07, 6.45) is 1.04. The van der Waals surface area contributed by atoms with E-state index in [1.54, 1.807) is 12.1 Å². The summed E-state index contributed by atoms with van der Waals surface area (Å²) in [5, 5.41) is 13.9. The first kappa shape index (κ1) is 15.9. The van der Waals surface area contributed by atoms with Crippen LogP contribution in [0.2, 0.25) is 0 Å². The van der Waals surface area contributed by atoms with Crippen LogP contribution in [0.15, 0.2) is 29.4 Å². The summed E-state index contributed by atoms with van der Waals surface area (Å²) < 4.78 is 23.9. The molecule has 0 aliphatic carbocycles. The second-order valence-corrected chi connectivity index (χ2v) is 5.82. The molecule has 0 fully saturated rings. The molecule has 110 valence electrons. The van der Waals surface area contributed by atoms with Gasteiger partial charge in [0, 0.05) is 24.2 Å². The number of carbonyl (C=O) groups excluding carboxylic acids is 1. The van der Waals surface area contributed by atoms with Gasteiger partial charge in [-0.05, 0) is 12.1 Å². The molecule has 0 radical (unpaired) electrons. The van der Waals surface area contributed by atoms with E-state index in [9.17, 15) is 13.2 Å². The average molecular weight is 300 g/mol. The third-order valence-corrected chi connectivity index (χ3v) is 3.05. The van der Waals surface area contributed by atoms with Gasteiger partial charge in [0.1, 0.15) is 0 Å². The van der Waals surface area contributed by atoms with Crippen LogP contribution in [-0.4, -0.2) is 44.7 Å². The van der Waals surface area contributed by atoms with Crippen LogP contribution in [0.4, 0.5) is 0 Å². The third kappa shape index (κ3) is 5.24. The third-order valence-electron chi connectivity index (χ3n) is 2.33. The topological polar surface area (TPSA) is 134 Å². The first-order chi connectivity index (χ1) is 9.33. The Kier molecular flexibility index (Phi) is 5.47. The number of amides is 1. The number of carbonyl (C=O) groups is 1. The standard InChI is InChI=1S/C11H16N4O4S/c1-20(18,19)14-7-6-13-11(16)9-4-2-8(3-5-9)10(12)15-17/h2-5,14,17H,6-7H2,1H3,(H2,12,15)(H,13,16). The highest BCUT2D eigenvalue weighted by molar-refractivity contribution is 7.88. The van der Waals surface area contributed by atoms with Gasteiger partial charge in [0.15, 0.2) is 5.84 Å². The first-order valence-corrected chi connectivity index (χ1v) is 7.53. The molecule has 0 saturated heterocycles. The summed E-state index contributed by atoms with van der Waals surface area (Å²) in [6, 6.07) is 6.12. The molecule has 1 aromatic carbocycles. The lowest BCUT2D eigenvalue weighted by atomic mass is 10.1. The summed E-state index contributed by atoms with van der Waals surface area (Å²) in [7, 11) is -3.26. The molecule has 1 amide bonds. The van der Waals surface area contributed by atoms with Crippen molar-refractivity contribution in [2.24, 2.45) is 10.9 Å². The zero-order valence-corrected chi connectivity index (χ0v) is 11.6. The summed E-state index contributed by atoms with van der Waals surface area (Å²) in [6.45, 7) is 0.292. The van der Waals surface area contributed by atoms with Gasteiger partial charge in [0.05, 0.1) is 6.26 Å². The minimum atomic E-state index is -3.26. The van der Waals surface area contributed by atoms with Crippen LogP contribution >= 0.6 is 0 Å². The molecule has 0 aliphatic rings. The van der Waals surface area contributed by atoms with Gasteiger partial charge < -0.3 is 16.3 Å². The van der Waals surface area contributed by atoms with Crippen molar-refractivity contribution in [3.05, 3.63) is 35.4 Å². The molecule has 9 heteroatoms. The van der Waals surface area contributed by atoms with Crippen molar-refractivity contribution < 1.29 is 18.4 Å². The maximum Gasteiger partial charge on any atom is 0.251 e.